The second-order valence-electron chi connectivity index (χ2n) is 5.53. The van der Waals surface area contributed by atoms with Crippen LogP contribution in [0.15, 0.2) is 48.5 Å². The Hall–Kier alpha value is -3.09. The number of nitro groups is 1. The minimum Gasteiger partial charge on any atom is -0.496 e. The van der Waals surface area contributed by atoms with E-state index >= 15 is 0 Å². The molecule has 7 heteroatoms. The molecular formula is C18H20N2O5. The minimum atomic E-state index is -0.860. The summed E-state index contributed by atoms with van der Waals surface area (Å²) in [7, 11) is 3.09. The average Bonchev–Trinajstić information content (AvgIpc) is 2.61. The van der Waals surface area contributed by atoms with Gasteiger partial charge in [-0.15, -0.1) is 0 Å². The molecule has 7 nitrogen and oxygen atoms in total. The molecule has 0 N–H and O–H groups in total. The highest BCUT2D eigenvalue weighted by Gasteiger charge is 2.24. The first-order chi connectivity index (χ1) is 11.9. The molecule has 0 spiro atoms. The van der Waals surface area contributed by atoms with Crippen LogP contribution in [0, 0.1) is 10.1 Å². The number of carbonyl (C=O) groups is 1. The molecule has 2 aromatic rings. The zero-order valence-corrected chi connectivity index (χ0v) is 14.3. The van der Waals surface area contributed by atoms with Crippen molar-refractivity contribution in [2.75, 3.05) is 14.2 Å². The van der Waals surface area contributed by atoms with Gasteiger partial charge in [0, 0.05) is 13.6 Å². The quantitative estimate of drug-likeness (QED) is 0.569. The molecule has 2 aromatic carbocycles. The Kier molecular flexibility index (Phi) is 5.94. The van der Waals surface area contributed by atoms with E-state index in [0.29, 0.717) is 12.3 Å². The maximum atomic E-state index is 12.5. The maximum Gasteiger partial charge on any atom is 0.314 e. The number of nitrogens with zero attached hydrogens (tertiary/aromatic N) is 2. The van der Waals surface area contributed by atoms with E-state index < -0.39 is 11.0 Å². The molecule has 0 aromatic heterocycles. The molecule has 1 atom stereocenters. The van der Waals surface area contributed by atoms with Gasteiger partial charge in [-0.1, -0.05) is 30.3 Å². The van der Waals surface area contributed by atoms with Crippen LogP contribution in [0.25, 0.3) is 0 Å². The van der Waals surface area contributed by atoms with Gasteiger partial charge in [0.25, 0.3) is 5.91 Å². The molecule has 1 amide bonds. The molecule has 0 saturated heterocycles. The Labute approximate surface area is 145 Å². The molecule has 0 aliphatic carbocycles. The van der Waals surface area contributed by atoms with Gasteiger partial charge in [-0.2, -0.15) is 0 Å². The SMILES string of the molecule is COc1ccc(O[C@H](C)C(=O)N(C)Cc2ccccc2)c([N+](=O)[O-])c1. The highest BCUT2D eigenvalue weighted by Crippen LogP contribution is 2.31. The van der Waals surface area contributed by atoms with Crippen LogP contribution in [-0.2, 0) is 11.3 Å². The second kappa shape index (κ2) is 8.14. The molecular weight excluding hydrogens is 324 g/mol. The third-order valence-electron chi connectivity index (χ3n) is 3.65. The first kappa shape index (κ1) is 18.3. The first-order valence-electron chi connectivity index (χ1n) is 7.70. The van der Waals surface area contributed by atoms with Crippen molar-refractivity contribution in [2.45, 2.75) is 19.6 Å². The van der Waals surface area contributed by atoms with Gasteiger partial charge in [0.05, 0.1) is 18.1 Å². The van der Waals surface area contributed by atoms with Crippen LogP contribution in [-0.4, -0.2) is 36.0 Å². The third kappa shape index (κ3) is 4.69. The molecule has 0 aliphatic rings. The van der Waals surface area contributed by atoms with Crippen molar-refractivity contribution < 1.29 is 19.2 Å². The number of methoxy groups -OCH3 is 1. The summed E-state index contributed by atoms with van der Waals surface area (Å²) < 4.78 is 10.5. The number of hydrogen-bond acceptors (Lipinski definition) is 5. The summed E-state index contributed by atoms with van der Waals surface area (Å²) in [6.45, 7) is 2.00. The van der Waals surface area contributed by atoms with Gasteiger partial charge in [-0.3, -0.25) is 14.9 Å². The molecule has 0 saturated carbocycles. The standard InChI is InChI=1S/C18H20N2O5/c1-13(18(21)19(2)12-14-7-5-4-6-8-14)25-17-10-9-15(24-3)11-16(17)20(22)23/h4-11,13H,12H2,1-3H3/t13-/m1/s1. The lowest BCUT2D eigenvalue weighted by molar-refractivity contribution is -0.386. The number of rotatable bonds is 7. The summed E-state index contributed by atoms with van der Waals surface area (Å²) in [5.41, 5.74) is 0.741. The molecule has 0 heterocycles. The van der Waals surface area contributed by atoms with Gasteiger partial charge in [0.15, 0.2) is 11.9 Å². The van der Waals surface area contributed by atoms with Crippen molar-refractivity contribution in [3.05, 3.63) is 64.2 Å². The lowest BCUT2D eigenvalue weighted by Gasteiger charge is -2.22. The second-order valence-corrected chi connectivity index (χ2v) is 5.53. The van der Waals surface area contributed by atoms with Crippen LogP contribution < -0.4 is 9.47 Å². The first-order valence-corrected chi connectivity index (χ1v) is 7.70. The predicted molar refractivity (Wildman–Crippen MR) is 92.7 cm³/mol. The number of likely N-dealkylation sites (N-methyl/N-ethyl adjacent to an activating group) is 1. The fraction of sp³-hybridized carbons (Fsp3) is 0.278. The van der Waals surface area contributed by atoms with Crippen molar-refractivity contribution in [3.8, 4) is 11.5 Å². The van der Waals surface area contributed by atoms with Crippen molar-refractivity contribution in [3.63, 3.8) is 0 Å². The van der Waals surface area contributed by atoms with E-state index in [-0.39, 0.29) is 17.3 Å². The van der Waals surface area contributed by atoms with Crippen molar-refractivity contribution in [1.29, 1.82) is 0 Å². The van der Waals surface area contributed by atoms with Crippen LogP contribution in [0.1, 0.15) is 12.5 Å². The van der Waals surface area contributed by atoms with Crippen molar-refractivity contribution >= 4 is 11.6 Å². The van der Waals surface area contributed by atoms with E-state index in [0.717, 1.165) is 5.56 Å². The van der Waals surface area contributed by atoms with E-state index in [1.807, 2.05) is 30.3 Å². The molecule has 0 radical (unpaired) electrons. The normalized spacial score (nSPS) is 11.5. The average molecular weight is 344 g/mol. The van der Waals surface area contributed by atoms with Crippen LogP contribution in [0.2, 0.25) is 0 Å². The molecule has 25 heavy (non-hydrogen) atoms. The molecule has 0 unspecified atom stereocenters. The Morgan fingerprint density at radius 1 is 1.24 bits per heavy atom. The maximum absolute atomic E-state index is 12.5. The van der Waals surface area contributed by atoms with Crippen LogP contribution in [0.4, 0.5) is 5.69 Å². The third-order valence-corrected chi connectivity index (χ3v) is 3.65. The molecule has 0 fully saturated rings. The van der Waals surface area contributed by atoms with Gasteiger partial charge in [-0.05, 0) is 24.6 Å². The summed E-state index contributed by atoms with van der Waals surface area (Å²) >= 11 is 0. The largest absolute Gasteiger partial charge is 0.496 e. The van der Waals surface area contributed by atoms with Crippen LogP contribution in [0.5, 0.6) is 11.5 Å². The zero-order valence-electron chi connectivity index (χ0n) is 14.3. The van der Waals surface area contributed by atoms with Crippen molar-refractivity contribution in [2.24, 2.45) is 0 Å². The molecule has 0 bridgehead atoms. The summed E-state index contributed by atoms with van der Waals surface area (Å²) in [5, 5.41) is 11.2. The summed E-state index contributed by atoms with van der Waals surface area (Å²) in [6.07, 6.45) is -0.860. The van der Waals surface area contributed by atoms with Crippen LogP contribution >= 0.6 is 0 Å². The summed E-state index contributed by atoms with van der Waals surface area (Å²) in [5.74, 6) is 0.105. The van der Waals surface area contributed by atoms with E-state index in [1.54, 1.807) is 20.0 Å². The van der Waals surface area contributed by atoms with Crippen LogP contribution in [0.3, 0.4) is 0 Å². The minimum absolute atomic E-state index is 0.0276. The highest BCUT2D eigenvalue weighted by atomic mass is 16.6. The van der Waals surface area contributed by atoms with Gasteiger partial charge in [0.1, 0.15) is 5.75 Å². The van der Waals surface area contributed by atoms with Gasteiger partial charge in [0.2, 0.25) is 0 Å². The van der Waals surface area contributed by atoms with Crippen molar-refractivity contribution in [1.82, 2.24) is 4.90 Å². The molecule has 0 aliphatic heterocycles. The van der Waals surface area contributed by atoms with E-state index in [4.69, 9.17) is 9.47 Å². The zero-order chi connectivity index (χ0) is 18.4. The van der Waals surface area contributed by atoms with E-state index in [9.17, 15) is 14.9 Å². The Morgan fingerprint density at radius 2 is 1.92 bits per heavy atom. The van der Waals surface area contributed by atoms with E-state index in [1.165, 1.54) is 24.1 Å². The van der Waals surface area contributed by atoms with E-state index in [2.05, 4.69) is 0 Å². The smallest absolute Gasteiger partial charge is 0.314 e. The molecule has 2 rings (SSSR count). The number of nitro benzene ring substituents is 1. The Balaban J connectivity index is 2.09. The number of benzene rings is 2. The lowest BCUT2D eigenvalue weighted by Crippen LogP contribution is -2.37. The summed E-state index contributed by atoms with van der Waals surface area (Å²) in [4.78, 5) is 24.6. The number of ether oxygens (including phenoxy) is 2. The van der Waals surface area contributed by atoms with Gasteiger partial charge in [-0.25, -0.2) is 0 Å². The monoisotopic (exact) mass is 344 g/mol. The fourth-order valence-electron chi connectivity index (χ4n) is 2.35. The molecule has 132 valence electrons. The number of hydrogen-bond donors (Lipinski definition) is 0. The van der Waals surface area contributed by atoms with Gasteiger partial charge >= 0.3 is 5.69 Å². The number of amides is 1. The topological polar surface area (TPSA) is 81.9 Å². The van der Waals surface area contributed by atoms with Gasteiger partial charge < -0.3 is 14.4 Å². The Bertz CT molecular complexity index is 748. The summed E-state index contributed by atoms with van der Waals surface area (Å²) in [6, 6.07) is 13.8. The Morgan fingerprint density at radius 3 is 2.52 bits per heavy atom. The number of carbonyl (C=O) groups excluding carboxylic acids is 1. The fourth-order valence-corrected chi connectivity index (χ4v) is 2.35. The highest BCUT2D eigenvalue weighted by molar-refractivity contribution is 5.80. The lowest BCUT2D eigenvalue weighted by atomic mass is 10.2. The predicted octanol–water partition coefficient (Wildman–Crippen LogP) is 3.03.